The summed E-state index contributed by atoms with van der Waals surface area (Å²) in [6.45, 7) is 0. The average Bonchev–Trinajstić information content (AvgIpc) is 2.51. The first kappa shape index (κ1) is 16.6. The molecule has 0 aliphatic heterocycles. The van der Waals surface area contributed by atoms with Gasteiger partial charge in [-0.1, -0.05) is 23.7 Å². The van der Waals surface area contributed by atoms with E-state index in [2.05, 4.69) is 10.5 Å². The van der Waals surface area contributed by atoms with Crippen molar-refractivity contribution in [1.29, 1.82) is 0 Å². The first-order valence-electron chi connectivity index (χ1n) is 6.46. The van der Waals surface area contributed by atoms with Crippen LogP contribution in [-0.4, -0.2) is 17.0 Å². The number of nitro benzene ring substituents is 1. The molecule has 1 N–H and O–H groups in total. The molecule has 0 saturated heterocycles. The Balaban J connectivity index is 1.98. The molecule has 0 aliphatic rings. The summed E-state index contributed by atoms with van der Waals surface area (Å²) in [5.74, 6) is -0.790. The Hall–Kier alpha value is -2.80. The predicted octanol–water partition coefficient (Wildman–Crippen LogP) is 3.08. The second-order valence-corrected chi connectivity index (χ2v) is 4.97. The van der Waals surface area contributed by atoms with Gasteiger partial charge in [0.15, 0.2) is 0 Å². The van der Waals surface area contributed by atoms with E-state index in [1.54, 1.807) is 0 Å². The highest BCUT2D eigenvalue weighted by molar-refractivity contribution is 6.33. The van der Waals surface area contributed by atoms with Crippen LogP contribution in [0.5, 0.6) is 0 Å². The molecule has 6 nitrogen and oxygen atoms in total. The topological polar surface area (TPSA) is 84.6 Å². The van der Waals surface area contributed by atoms with E-state index in [0.717, 1.165) is 0 Å². The van der Waals surface area contributed by atoms with Gasteiger partial charge < -0.3 is 0 Å². The highest BCUT2D eigenvalue weighted by atomic mass is 35.5. The van der Waals surface area contributed by atoms with Gasteiger partial charge in [-0.3, -0.25) is 14.9 Å². The molecule has 0 atom stereocenters. The normalized spacial score (nSPS) is 10.7. The molecule has 118 valence electrons. The van der Waals surface area contributed by atoms with Gasteiger partial charge in [0.05, 0.1) is 17.6 Å². The SMILES string of the molecule is O=C(Cc1ccc(F)cc1)N/N=C/c1cc([N+](=O)[O-])ccc1Cl. The number of carbonyl (C=O) groups excluding carboxylic acids is 1. The molecule has 2 aromatic rings. The van der Waals surface area contributed by atoms with Gasteiger partial charge in [-0.2, -0.15) is 5.10 Å². The lowest BCUT2D eigenvalue weighted by molar-refractivity contribution is -0.384. The van der Waals surface area contributed by atoms with E-state index in [9.17, 15) is 19.3 Å². The lowest BCUT2D eigenvalue weighted by Crippen LogP contribution is -2.19. The summed E-state index contributed by atoms with van der Waals surface area (Å²) in [5.41, 5.74) is 3.09. The third kappa shape index (κ3) is 4.86. The fourth-order valence-corrected chi connectivity index (χ4v) is 1.91. The molecule has 1 amide bonds. The molecule has 0 saturated carbocycles. The number of nitrogens with one attached hydrogen (secondary N) is 1. The maximum absolute atomic E-state index is 12.8. The van der Waals surface area contributed by atoms with E-state index in [1.807, 2.05) is 0 Å². The average molecular weight is 336 g/mol. The number of halogens is 2. The highest BCUT2D eigenvalue weighted by Gasteiger charge is 2.08. The minimum absolute atomic E-state index is 0.0281. The maximum Gasteiger partial charge on any atom is 0.270 e. The molecule has 0 radical (unpaired) electrons. The van der Waals surface area contributed by atoms with Gasteiger partial charge in [-0.05, 0) is 23.8 Å². The number of carbonyl (C=O) groups is 1. The number of hydrogen-bond acceptors (Lipinski definition) is 4. The number of non-ortho nitro benzene ring substituents is 1. The van der Waals surface area contributed by atoms with Crippen LogP contribution in [0, 0.1) is 15.9 Å². The van der Waals surface area contributed by atoms with Crippen molar-refractivity contribution in [2.75, 3.05) is 0 Å². The molecule has 0 bridgehead atoms. The molecule has 0 spiro atoms. The van der Waals surface area contributed by atoms with Crippen molar-refractivity contribution in [3.63, 3.8) is 0 Å². The first-order valence-corrected chi connectivity index (χ1v) is 6.84. The van der Waals surface area contributed by atoms with Crippen LogP contribution in [0.3, 0.4) is 0 Å². The second kappa shape index (κ2) is 7.46. The van der Waals surface area contributed by atoms with E-state index < -0.39 is 10.8 Å². The minimum atomic E-state index is -0.555. The lowest BCUT2D eigenvalue weighted by Gasteiger charge is -2.01. The summed E-state index contributed by atoms with van der Waals surface area (Å²) in [6, 6.07) is 9.40. The van der Waals surface area contributed by atoms with Gasteiger partial charge in [0.2, 0.25) is 5.91 Å². The summed E-state index contributed by atoms with van der Waals surface area (Å²) >= 11 is 5.90. The summed E-state index contributed by atoms with van der Waals surface area (Å²) < 4.78 is 12.8. The van der Waals surface area contributed by atoms with Crippen LogP contribution in [0.1, 0.15) is 11.1 Å². The fraction of sp³-hybridized carbons (Fsp3) is 0.0667. The van der Waals surface area contributed by atoms with E-state index in [1.165, 1.54) is 48.7 Å². The molecule has 0 aliphatic carbocycles. The second-order valence-electron chi connectivity index (χ2n) is 4.56. The van der Waals surface area contributed by atoms with E-state index in [4.69, 9.17) is 11.6 Å². The van der Waals surface area contributed by atoms with E-state index in [0.29, 0.717) is 11.1 Å². The number of benzene rings is 2. The van der Waals surface area contributed by atoms with Gasteiger partial charge in [0, 0.05) is 22.7 Å². The molecule has 2 aromatic carbocycles. The number of nitrogens with zero attached hydrogens (tertiary/aromatic N) is 2. The van der Waals surface area contributed by atoms with Gasteiger partial charge >= 0.3 is 0 Å². The molecule has 2 rings (SSSR count). The van der Waals surface area contributed by atoms with Gasteiger partial charge in [-0.25, -0.2) is 9.82 Å². The molecular weight excluding hydrogens is 325 g/mol. The largest absolute Gasteiger partial charge is 0.273 e. The fourth-order valence-electron chi connectivity index (χ4n) is 1.74. The Kier molecular flexibility index (Phi) is 5.37. The quantitative estimate of drug-likeness (QED) is 0.517. The van der Waals surface area contributed by atoms with Crippen molar-refractivity contribution in [3.05, 3.63) is 74.5 Å². The van der Waals surface area contributed by atoms with Crippen LogP contribution in [0.4, 0.5) is 10.1 Å². The highest BCUT2D eigenvalue weighted by Crippen LogP contribution is 2.20. The zero-order valence-corrected chi connectivity index (χ0v) is 12.5. The zero-order chi connectivity index (χ0) is 16.8. The number of amides is 1. The maximum atomic E-state index is 12.8. The third-order valence-corrected chi connectivity index (χ3v) is 3.21. The lowest BCUT2D eigenvalue weighted by atomic mass is 10.1. The molecule has 0 aromatic heterocycles. The smallest absolute Gasteiger partial charge is 0.270 e. The van der Waals surface area contributed by atoms with E-state index in [-0.39, 0.29) is 22.9 Å². The van der Waals surface area contributed by atoms with Crippen molar-refractivity contribution >= 4 is 29.4 Å². The Labute approximate surface area is 135 Å². The van der Waals surface area contributed by atoms with Crippen LogP contribution in [0.2, 0.25) is 5.02 Å². The van der Waals surface area contributed by atoms with Gasteiger partial charge in [-0.15, -0.1) is 0 Å². The van der Waals surface area contributed by atoms with Crippen LogP contribution >= 0.6 is 11.6 Å². The molecule has 8 heteroatoms. The Morgan fingerprint density at radius 1 is 1.30 bits per heavy atom. The molecule has 0 fully saturated rings. The summed E-state index contributed by atoms with van der Waals surface area (Å²) in [5, 5.41) is 14.7. The number of hydrogen-bond donors (Lipinski definition) is 1. The number of rotatable bonds is 5. The van der Waals surface area contributed by atoms with Crippen LogP contribution in [-0.2, 0) is 11.2 Å². The Bertz CT molecular complexity index is 763. The van der Waals surface area contributed by atoms with Crippen molar-refractivity contribution in [2.24, 2.45) is 5.10 Å². The zero-order valence-electron chi connectivity index (χ0n) is 11.7. The minimum Gasteiger partial charge on any atom is -0.273 e. The monoisotopic (exact) mass is 335 g/mol. The molecule has 23 heavy (non-hydrogen) atoms. The van der Waals surface area contributed by atoms with Gasteiger partial charge in [0.1, 0.15) is 5.82 Å². The predicted molar refractivity (Wildman–Crippen MR) is 83.9 cm³/mol. The molecule has 0 heterocycles. The van der Waals surface area contributed by atoms with Crippen molar-refractivity contribution in [2.45, 2.75) is 6.42 Å². The van der Waals surface area contributed by atoms with Crippen molar-refractivity contribution < 1.29 is 14.1 Å². The molecular formula is C15H11ClFN3O3. The summed E-state index contributed by atoms with van der Waals surface area (Å²) in [4.78, 5) is 21.8. The van der Waals surface area contributed by atoms with Crippen molar-refractivity contribution in [3.8, 4) is 0 Å². The standard InChI is InChI=1S/C15H11ClFN3O3/c16-14-6-5-13(20(22)23)8-11(14)9-18-19-15(21)7-10-1-3-12(17)4-2-10/h1-6,8-9H,7H2,(H,19,21)/b18-9+. The Morgan fingerprint density at radius 2 is 2.00 bits per heavy atom. The summed E-state index contributed by atoms with van der Waals surface area (Å²) in [6.07, 6.45) is 1.25. The van der Waals surface area contributed by atoms with E-state index >= 15 is 0 Å². The summed E-state index contributed by atoms with van der Waals surface area (Å²) in [7, 11) is 0. The van der Waals surface area contributed by atoms with Gasteiger partial charge in [0.25, 0.3) is 5.69 Å². The van der Waals surface area contributed by atoms with Crippen molar-refractivity contribution in [1.82, 2.24) is 5.43 Å². The Morgan fingerprint density at radius 3 is 2.65 bits per heavy atom. The van der Waals surface area contributed by atoms with Crippen LogP contribution < -0.4 is 5.43 Å². The molecule has 0 unspecified atom stereocenters. The third-order valence-electron chi connectivity index (χ3n) is 2.86. The number of hydrazone groups is 1. The van der Waals surface area contributed by atoms with Crippen LogP contribution in [0.15, 0.2) is 47.6 Å². The number of nitro groups is 1. The van der Waals surface area contributed by atoms with Crippen LogP contribution in [0.25, 0.3) is 0 Å². The first-order chi connectivity index (χ1) is 11.0.